The van der Waals surface area contributed by atoms with Gasteiger partial charge in [0.05, 0.1) is 29.2 Å². The van der Waals surface area contributed by atoms with Crippen LogP contribution in [0.1, 0.15) is 35.4 Å². The van der Waals surface area contributed by atoms with E-state index < -0.39 is 11.6 Å². The molecule has 10 heteroatoms. The molecule has 2 aromatic heterocycles. The Morgan fingerprint density at radius 3 is 2.61 bits per heavy atom. The minimum atomic E-state index is -0.686. The molecule has 2 aliphatic heterocycles. The minimum Gasteiger partial charge on any atom is -0.332 e. The highest BCUT2D eigenvalue weighted by Gasteiger charge is 2.43. The molecule has 7 nitrogen and oxygen atoms in total. The van der Waals surface area contributed by atoms with E-state index in [2.05, 4.69) is 9.94 Å². The summed E-state index contributed by atoms with van der Waals surface area (Å²) in [7, 11) is 0. The fourth-order valence-corrected chi connectivity index (χ4v) is 6.96. The van der Waals surface area contributed by atoms with Gasteiger partial charge in [-0.25, -0.2) is 13.6 Å². The summed E-state index contributed by atoms with van der Waals surface area (Å²) in [5, 5.41) is 13.9. The van der Waals surface area contributed by atoms with Gasteiger partial charge in [-0.05, 0) is 55.5 Å². The van der Waals surface area contributed by atoms with Crippen LogP contribution in [-0.2, 0) is 6.54 Å². The van der Waals surface area contributed by atoms with Crippen molar-refractivity contribution in [1.82, 2.24) is 14.7 Å². The number of amides is 1. The van der Waals surface area contributed by atoms with E-state index in [0.717, 1.165) is 37.0 Å². The number of carbonyl (C=O) groups excluding carboxylic acids is 1. The van der Waals surface area contributed by atoms with Crippen LogP contribution in [0.15, 0.2) is 42.6 Å². The van der Waals surface area contributed by atoms with Crippen LogP contribution in [0.25, 0.3) is 37.3 Å². The number of nitrogens with two attached hydrogens (primary N) is 1. The van der Waals surface area contributed by atoms with Gasteiger partial charge in [-0.15, -0.1) is 11.3 Å². The number of hydrogen-bond donors (Lipinski definition) is 1. The number of carbonyl (C=O) groups is 1. The zero-order valence-corrected chi connectivity index (χ0v) is 21.0. The standard InChI is InChI=1S/C28H22F2N6OS/c1-33-24-5-2-15(8-23(24)30)20-13-26(28(37)36-18-3-4-19(36)11-17(32)10-18)38-27(20)21-12-25-16(9-22(21)29)14-34-35(25)7-6-31/h2,5,8-9,12-14,17-19H,3-4,7,10-11,32H2. The molecule has 2 N–H and O–H groups in total. The van der Waals surface area contributed by atoms with Gasteiger partial charge in [-0.1, -0.05) is 12.1 Å². The molecular formula is C28H22F2N6OS. The topological polar surface area (TPSA) is 92.3 Å². The number of piperidine rings is 1. The van der Waals surface area contributed by atoms with Crippen LogP contribution in [0.5, 0.6) is 0 Å². The first-order valence-electron chi connectivity index (χ1n) is 12.3. The van der Waals surface area contributed by atoms with Crippen molar-refractivity contribution in [2.75, 3.05) is 0 Å². The normalized spacial score (nSPS) is 20.4. The molecule has 2 unspecified atom stereocenters. The molecule has 2 bridgehead atoms. The van der Waals surface area contributed by atoms with Gasteiger partial charge in [-0.3, -0.25) is 9.48 Å². The third-order valence-electron chi connectivity index (χ3n) is 7.52. The predicted octanol–water partition coefficient (Wildman–Crippen LogP) is 5.88. The van der Waals surface area contributed by atoms with Crippen molar-refractivity contribution in [3.63, 3.8) is 0 Å². The summed E-state index contributed by atoms with van der Waals surface area (Å²) in [6.45, 7) is 7.16. The average Bonchev–Trinajstić information content (AvgIpc) is 3.58. The summed E-state index contributed by atoms with van der Waals surface area (Å²) >= 11 is 1.16. The van der Waals surface area contributed by atoms with Gasteiger partial charge < -0.3 is 10.6 Å². The van der Waals surface area contributed by atoms with E-state index in [1.54, 1.807) is 18.2 Å². The highest BCUT2D eigenvalue weighted by molar-refractivity contribution is 7.18. The van der Waals surface area contributed by atoms with Crippen molar-refractivity contribution in [3.8, 4) is 27.6 Å². The molecule has 2 fully saturated rings. The van der Waals surface area contributed by atoms with Crippen LogP contribution >= 0.6 is 11.3 Å². The second-order valence-corrected chi connectivity index (χ2v) is 10.9. The molecule has 2 saturated heterocycles. The zero-order chi connectivity index (χ0) is 26.6. The molecule has 1 amide bonds. The van der Waals surface area contributed by atoms with E-state index in [4.69, 9.17) is 17.6 Å². The van der Waals surface area contributed by atoms with Gasteiger partial charge in [0.15, 0.2) is 0 Å². The third kappa shape index (κ3) is 3.94. The van der Waals surface area contributed by atoms with Crippen LogP contribution < -0.4 is 5.73 Å². The molecule has 2 aromatic carbocycles. The van der Waals surface area contributed by atoms with Crippen molar-refractivity contribution in [1.29, 1.82) is 5.26 Å². The number of aromatic nitrogens is 2. The summed E-state index contributed by atoms with van der Waals surface area (Å²) in [4.78, 5) is 19.8. The Morgan fingerprint density at radius 1 is 1.16 bits per heavy atom. The van der Waals surface area contributed by atoms with E-state index in [1.165, 1.54) is 29.1 Å². The molecule has 6 rings (SSSR count). The third-order valence-corrected chi connectivity index (χ3v) is 8.68. The number of thiophene rings is 1. The highest BCUT2D eigenvalue weighted by Crippen LogP contribution is 2.44. The number of halogens is 2. The largest absolute Gasteiger partial charge is 0.332 e. The van der Waals surface area contributed by atoms with E-state index in [-0.39, 0.29) is 41.8 Å². The van der Waals surface area contributed by atoms with Crippen LogP contribution in [-0.4, -0.2) is 38.7 Å². The molecule has 4 heterocycles. The summed E-state index contributed by atoms with van der Waals surface area (Å²) < 4.78 is 31.6. The first-order valence-corrected chi connectivity index (χ1v) is 13.1. The number of fused-ring (bicyclic) bond motifs is 3. The van der Waals surface area contributed by atoms with E-state index in [1.807, 2.05) is 11.0 Å². The van der Waals surface area contributed by atoms with Gasteiger partial charge in [0.2, 0.25) is 5.69 Å². The lowest BCUT2D eigenvalue weighted by Crippen LogP contribution is -2.49. The summed E-state index contributed by atoms with van der Waals surface area (Å²) in [6.07, 6.45) is 4.83. The SMILES string of the molecule is [C-]#[N+]c1ccc(-c2cc(C(=O)N3C4CCC3CC(N)C4)sc2-c2cc3c(cnn3CC#N)cc2F)cc1F. The Balaban J connectivity index is 1.51. The Morgan fingerprint density at radius 2 is 1.92 bits per heavy atom. The molecular weight excluding hydrogens is 506 g/mol. The highest BCUT2D eigenvalue weighted by atomic mass is 32.1. The molecule has 0 aliphatic carbocycles. The zero-order valence-electron chi connectivity index (χ0n) is 20.2. The number of hydrogen-bond acceptors (Lipinski definition) is 5. The van der Waals surface area contributed by atoms with Crippen molar-refractivity contribution in [3.05, 3.63) is 70.5 Å². The van der Waals surface area contributed by atoms with Gasteiger partial charge in [0, 0.05) is 39.5 Å². The summed E-state index contributed by atoms with van der Waals surface area (Å²) in [5.41, 5.74) is 7.83. The maximum absolute atomic E-state index is 15.5. The number of benzene rings is 2. The maximum atomic E-state index is 15.5. The van der Waals surface area contributed by atoms with Gasteiger partial charge in [-0.2, -0.15) is 10.4 Å². The molecule has 0 saturated carbocycles. The molecule has 4 aromatic rings. The first-order chi connectivity index (χ1) is 18.4. The summed E-state index contributed by atoms with van der Waals surface area (Å²) in [6, 6.07) is 11.2. The fourth-order valence-electron chi connectivity index (χ4n) is 5.82. The van der Waals surface area contributed by atoms with Crippen LogP contribution in [0, 0.1) is 29.5 Å². The minimum absolute atomic E-state index is 0.00121. The lowest BCUT2D eigenvalue weighted by molar-refractivity contribution is 0.0580. The Bertz CT molecular complexity index is 1670. The van der Waals surface area contributed by atoms with Crippen molar-refractivity contribution < 1.29 is 13.6 Å². The van der Waals surface area contributed by atoms with E-state index in [0.29, 0.717) is 31.8 Å². The average molecular weight is 529 g/mol. The second kappa shape index (κ2) is 9.32. The van der Waals surface area contributed by atoms with Crippen molar-refractivity contribution in [2.45, 2.75) is 50.4 Å². The lowest BCUT2D eigenvalue weighted by Gasteiger charge is -2.37. The quantitative estimate of drug-likeness (QED) is 0.335. The van der Waals surface area contributed by atoms with Crippen LogP contribution in [0.3, 0.4) is 0 Å². The van der Waals surface area contributed by atoms with Crippen LogP contribution in [0.4, 0.5) is 14.5 Å². The Hall–Kier alpha value is -4.12. The molecule has 2 aliphatic rings. The van der Waals surface area contributed by atoms with Crippen LogP contribution in [0.2, 0.25) is 0 Å². The molecule has 0 radical (unpaired) electrons. The molecule has 190 valence electrons. The maximum Gasteiger partial charge on any atom is 0.264 e. The number of nitrogens with zero attached hydrogens (tertiary/aromatic N) is 5. The monoisotopic (exact) mass is 528 g/mol. The van der Waals surface area contributed by atoms with Crippen molar-refractivity contribution in [2.24, 2.45) is 5.73 Å². The fraction of sp³-hybridized carbons (Fsp3) is 0.286. The van der Waals surface area contributed by atoms with E-state index in [9.17, 15) is 9.18 Å². The molecule has 38 heavy (non-hydrogen) atoms. The van der Waals surface area contributed by atoms with E-state index >= 15 is 4.39 Å². The molecule has 2 atom stereocenters. The van der Waals surface area contributed by atoms with Gasteiger partial charge >= 0.3 is 0 Å². The van der Waals surface area contributed by atoms with Gasteiger partial charge in [0.25, 0.3) is 5.91 Å². The Labute approximate surface area is 221 Å². The number of rotatable bonds is 4. The smallest absolute Gasteiger partial charge is 0.264 e. The first kappa shape index (κ1) is 24.2. The lowest BCUT2D eigenvalue weighted by atomic mass is 9.97. The van der Waals surface area contributed by atoms with Crippen molar-refractivity contribution >= 4 is 33.8 Å². The second-order valence-electron chi connectivity index (χ2n) is 9.81. The Kier molecular flexibility index (Phi) is 5.94. The molecule has 0 spiro atoms. The summed E-state index contributed by atoms with van der Waals surface area (Å²) in [5.74, 6) is -1.33. The number of nitriles is 1. The van der Waals surface area contributed by atoms with Gasteiger partial charge in [0.1, 0.15) is 18.2 Å². The predicted molar refractivity (Wildman–Crippen MR) is 140 cm³/mol.